The molecule has 7 heteroatoms. The number of rotatable bonds is 6. The molecular formula is C25H28N4O2S. The third-order valence-electron chi connectivity index (χ3n) is 5.64. The number of hydrogen-bond acceptors (Lipinski definition) is 4. The minimum Gasteiger partial charge on any atom is -0.355 e. The van der Waals surface area contributed by atoms with E-state index >= 15 is 0 Å². The molecule has 1 unspecified atom stereocenters. The van der Waals surface area contributed by atoms with Gasteiger partial charge in [0.25, 0.3) is 0 Å². The van der Waals surface area contributed by atoms with Crippen LogP contribution in [-0.4, -0.2) is 41.5 Å². The van der Waals surface area contributed by atoms with Gasteiger partial charge in [-0.3, -0.25) is 4.79 Å². The molecule has 1 aromatic heterocycles. The summed E-state index contributed by atoms with van der Waals surface area (Å²) in [5, 5.41) is 8.99. The molecule has 1 aliphatic heterocycles. The average Bonchev–Trinajstić information content (AvgIpc) is 3.29. The van der Waals surface area contributed by atoms with Gasteiger partial charge in [0.05, 0.1) is 11.6 Å². The van der Waals surface area contributed by atoms with E-state index in [4.69, 9.17) is 4.98 Å². The smallest absolute Gasteiger partial charge is 0.321 e. The molecule has 0 radical (unpaired) electrons. The van der Waals surface area contributed by atoms with Gasteiger partial charge in [0.1, 0.15) is 5.01 Å². The summed E-state index contributed by atoms with van der Waals surface area (Å²) >= 11 is 1.62. The molecular weight excluding hydrogens is 420 g/mol. The van der Waals surface area contributed by atoms with Gasteiger partial charge in [-0.25, -0.2) is 9.78 Å². The second-order valence-electron chi connectivity index (χ2n) is 8.13. The fourth-order valence-corrected chi connectivity index (χ4v) is 4.67. The lowest BCUT2D eigenvalue weighted by Gasteiger charge is -2.32. The standard InChI is InChI=1S/C25H28N4O2S/c1-18-9-11-19(12-10-18)24-27-22(17-32-24)13-14-26-23(30)20-6-5-15-29(16-20)25(31)28-21-7-3-2-4-8-21/h2-4,7-12,17,20H,5-6,13-16H2,1H3,(H,26,30)(H,28,31). The summed E-state index contributed by atoms with van der Waals surface area (Å²) < 4.78 is 0. The molecule has 166 valence electrons. The van der Waals surface area contributed by atoms with Crippen molar-refractivity contribution in [3.8, 4) is 10.6 Å². The fraction of sp³-hybridized carbons (Fsp3) is 0.320. The predicted octanol–water partition coefficient (Wildman–Crippen LogP) is 4.72. The summed E-state index contributed by atoms with van der Waals surface area (Å²) in [5.41, 5.74) is 4.09. The van der Waals surface area contributed by atoms with Crippen molar-refractivity contribution in [3.05, 3.63) is 71.2 Å². The molecule has 4 rings (SSSR count). The number of benzene rings is 2. The Bertz CT molecular complexity index is 1050. The number of para-hydroxylation sites is 1. The maximum atomic E-state index is 12.7. The molecule has 1 saturated heterocycles. The van der Waals surface area contributed by atoms with Crippen molar-refractivity contribution in [1.82, 2.24) is 15.2 Å². The van der Waals surface area contributed by atoms with Crippen molar-refractivity contribution < 1.29 is 9.59 Å². The van der Waals surface area contributed by atoms with Gasteiger partial charge in [-0.2, -0.15) is 0 Å². The van der Waals surface area contributed by atoms with Crippen LogP contribution in [0, 0.1) is 12.8 Å². The molecule has 0 bridgehead atoms. The third-order valence-corrected chi connectivity index (χ3v) is 6.58. The minimum atomic E-state index is -0.177. The molecule has 1 fully saturated rings. The zero-order valence-electron chi connectivity index (χ0n) is 18.2. The van der Waals surface area contributed by atoms with E-state index in [0.29, 0.717) is 26.1 Å². The molecule has 0 spiro atoms. The number of aryl methyl sites for hydroxylation is 1. The number of piperidine rings is 1. The fourth-order valence-electron chi connectivity index (χ4n) is 3.81. The van der Waals surface area contributed by atoms with E-state index in [1.807, 2.05) is 30.3 Å². The normalized spacial score (nSPS) is 15.9. The number of carbonyl (C=O) groups excluding carboxylic acids is 2. The number of likely N-dealkylation sites (tertiary alicyclic amines) is 1. The van der Waals surface area contributed by atoms with Crippen molar-refractivity contribution in [2.45, 2.75) is 26.2 Å². The van der Waals surface area contributed by atoms with E-state index in [2.05, 4.69) is 47.2 Å². The van der Waals surface area contributed by atoms with Crippen LogP contribution in [0.15, 0.2) is 60.0 Å². The summed E-state index contributed by atoms with van der Waals surface area (Å²) in [6, 6.07) is 17.6. The number of hydrogen-bond donors (Lipinski definition) is 2. The van der Waals surface area contributed by atoms with Crippen molar-refractivity contribution in [2.75, 3.05) is 25.0 Å². The van der Waals surface area contributed by atoms with Crippen molar-refractivity contribution in [2.24, 2.45) is 5.92 Å². The maximum absolute atomic E-state index is 12.7. The molecule has 1 aliphatic rings. The SMILES string of the molecule is Cc1ccc(-c2nc(CCNC(=O)C3CCCN(C(=O)Nc4ccccc4)C3)cs2)cc1. The van der Waals surface area contributed by atoms with Crippen LogP contribution in [0.5, 0.6) is 0 Å². The van der Waals surface area contributed by atoms with E-state index in [9.17, 15) is 9.59 Å². The lowest BCUT2D eigenvalue weighted by Crippen LogP contribution is -2.47. The Morgan fingerprint density at radius 1 is 1.12 bits per heavy atom. The first-order valence-corrected chi connectivity index (χ1v) is 11.9. The quantitative estimate of drug-likeness (QED) is 0.573. The van der Waals surface area contributed by atoms with Gasteiger partial charge in [0, 0.05) is 42.7 Å². The lowest BCUT2D eigenvalue weighted by molar-refractivity contribution is -0.126. The summed E-state index contributed by atoms with van der Waals surface area (Å²) in [6.45, 7) is 3.73. The van der Waals surface area contributed by atoms with Gasteiger partial charge in [-0.1, -0.05) is 48.0 Å². The summed E-state index contributed by atoms with van der Waals surface area (Å²) in [7, 11) is 0. The van der Waals surface area contributed by atoms with E-state index in [1.165, 1.54) is 5.56 Å². The lowest BCUT2D eigenvalue weighted by atomic mass is 9.97. The number of carbonyl (C=O) groups is 2. The predicted molar refractivity (Wildman–Crippen MR) is 129 cm³/mol. The molecule has 1 atom stereocenters. The van der Waals surface area contributed by atoms with Crippen LogP contribution >= 0.6 is 11.3 Å². The largest absolute Gasteiger partial charge is 0.355 e. The number of anilines is 1. The van der Waals surface area contributed by atoms with E-state index < -0.39 is 0 Å². The van der Waals surface area contributed by atoms with Gasteiger partial charge < -0.3 is 15.5 Å². The topological polar surface area (TPSA) is 74.3 Å². The van der Waals surface area contributed by atoms with E-state index in [-0.39, 0.29) is 17.9 Å². The van der Waals surface area contributed by atoms with Crippen LogP contribution < -0.4 is 10.6 Å². The molecule has 3 aromatic rings. The Kier molecular flexibility index (Phi) is 7.17. The molecule has 32 heavy (non-hydrogen) atoms. The second-order valence-corrected chi connectivity index (χ2v) is 8.99. The van der Waals surface area contributed by atoms with Crippen molar-refractivity contribution in [3.63, 3.8) is 0 Å². The highest BCUT2D eigenvalue weighted by Crippen LogP contribution is 2.24. The van der Waals surface area contributed by atoms with Crippen molar-refractivity contribution >= 4 is 29.0 Å². The first-order chi connectivity index (χ1) is 15.6. The highest BCUT2D eigenvalue weighted by molar-refractivity contribution is 7.13. The molecule has 2 heterocycles. The number of amides is 3. The molecule has 0 aliphatic carbocycles. The molecule has 2 aromatic carbocycles. The van der Waals surface area contributed by atoms with E-state index in [1.54, 1.807) is 16.2 Å². The zero-order valence-corrected chi connectivity index (χ0v) is 19.0. The van der Waals surface area contributed by atoms with Crippen LogP contribution in [0.2, 0.25) is 0 Å². The Morgan fingerprint density at radius 2 is 1.91 bits per heavy atom. The maximum Gasteiger partial charge on any atom is 0.321 e. The van der Waals surface area contributed by atoms with Gasteiger partial charge >= 0.3 is 6.03 Å². The van der Waals surface area contributed by atoms with Gasteiger partial charge in [0.15, 0.2) is 0 Å². The van der Waals surface area contributed by atoms with Crippen molar-refractivity contribution in [1.29, 1.82) is 0 Å². The first kappa shape index (κ1) is 22.0. The van der Waals surface area contributed by atoms with Crippen LogP contribution in [0.4, 0.5) is 10.5 Å². The summed E-state index contributed by atoms with van der Waals surface area (Å²) in [4.78, 5) is 31.7. The van der Waals surface area contributed by atoms with E-state index in [0.717, 1.165) is 34.8 Å². The number of thiazole rings is 1. The summed E-state index contributed by atoms with van der Waals surface area (Å²) in [5.74, 6) is -0.167. The molecule has 0 saturated carbocycles. The first-order valence-electron chi connectivity index (χ1n) is 11.0. The van der Waals surface area contributed by atoms with Crippen LogP contribution in [-0.2, 0) is 11.2 Å². The number of aromatic nitrogens is 1. The Labute approximate surface area is 192 Å². The van der Waals surface area contributed by atoms with Gasteiger partial charge in [-0.05, 0) is 31.9 Å². The zero-order chi connectivity index (χ0) is 22.3. The summed E-state index contributed by atoms with van der Waals surface area (Å²) in [6.07, 6.45) is 2.32. The molecule has 3 amide bonds. The number of nitrogens with zero attached hydrogens (tertiary/aromatic N) is 2. The Balaban J connectivity index is 1.24. The van der Waals surface area contributed by atoms with Crippen LogP contribution in [0.25, 0.3) is 10.6 Å². The second kappa shape index (κ2) is 10.4. The Hall–Kier alpha value is -3.19. The molecule has 2 N–H and O–H groups in total. The monoisotopic (exact) mass is 448 g/mol. The van der Waals surface area contributed by atoms with Crippen LogP contribution in [0.1, 0.15) is 24.1 Å². The number of urea groups is 1. The molecule has 6 nitrogen and oxygen atoms in total. The van der Waals surface area contributed by atoms with Gasteiger partial charge in [-0.15, -0.1) is 11.3 Å². The van der Waals surface area contributed by atoms with Gasteiger partial charge in [0.2, 0.25) is 5.91 Å². The number of nitrogens with one attached hydrogen (secondary N) is 2. The van der Waals surface area contributed by atoms with Crippen LogP contribution in [0.3, 0.4) is 0 Å². The highest BCUT2D eigenvalue weighted by atomic mass is 32.1. The highest BCUT2D eigenvalue weighted by Gasteiger charge is 2.28. The average molecular weight is 449 g/mol. The third kappa shape index (κ3) is 5.73. The Morgan fingerprint density at radius 3 is 2.69 bits per heavy atom. The minimum absolute atomic E-state index is 0.0104.